The molecule has 616 valence electrons. The monoisotopic (exact) mass is 1810 g/mol. The van der Waals surface area contributed by atoms with Gasteiger partial charge in [-0.05, 0) is 227 Å². The van der Waals surface area contributed by atoms with E-state index >= 15 is 0 Å². The van der Waals surface area contributed by atoms with E-state index in [4.69, 9.17) is 50.8 Å². The van der Waals surface area contributed by atoms with Gasteiger partial charge in [0, 0.05) is 186 Å². The molecule has 25 rings (SSSR count). The fourth-order valence-corrected chi connectivity index (χ4v) is 23.6. The molecule has 5 nitrogen and oxygen atoms in total. The van der Waals surface area contributed by atoms with Crippen molar-refractivity contribution in [3.8, 4) is 11.1 Å². The second-order valence-electron chi connectivity index (χ2n) is 31.5. The molecule has 0 bridgehead atoms. The number of anilines is 12. The topological polar surface area (TPSA) is 26.1 Å². The van der Waals surface area contributed by atoms with Crippen molar-refractivity contribution in [1.29, 1.82) is 0 Å². The number of halogens is 4. The quantitative estimate of drug-likeness (QED) is 0.115. The maximum atomic E-state index is 6.62. The van der Waals surface area contributed by atoms with Crippen molar-refractivity contribution in [2.75, 3.05) is 19.6 Å². The summed E-state index contributed by atoms with van der Waals surface area (Å²) in [7, 11) is 0. The molecule has 0 aliphatic rings. The summed E-state index contributed by atoms with van der Waals surface area (Å²) in [5.74, 6) is 0. The third kappa shape index (κ3) is 15.8. The summed E-state index contributed by atoms with van der Waals surface area (Å²) in [6, 6.07) is 157. The van der Waals surface area contributed by atoms with E-state index in [0.717, 1.165) is 132 Å². The maximum Gasteiger partial charge on any atom is 0.137 e. The number of fused-ring (bicyclic) bond motifs is 18. The lowest BCUT2D eigenvalue weighted by molar-refractivity contribution is 0.669. The molecule has 20 aromatic carbocycles. The average molecular weight is 1810 g/mol. The molecule has 25 aromatic rings. The molecule has 0 amide bonds. The zero-order valence-electron chi connectivity index (χ0n) is 69.1. The van der Waals surface area contributed by atoms with E-state index in [0.29, 0.717) is 5.02 Å². The second-order valence-corrected chi connectivity index (χ2v) is 37.5. The van der Waals surface area contributed by atoms with E-state index < -0.39 is 0 Å². The Morgan fingerprint density at radius 2 is 0.488 bits per heavy atom. The Morgan fingerprint density at radius 1 is 0.163 bits per heavy atom. The number of furan rings is 1. The van der Waals surface area contributed by atoms with E-state index in [1.165, 1.54) is 86.4 Å². The van der Waals surface area contributed by atoms with Crippen molar-refractivity contribution >= 4 is 284 Å². The summed E-state index contributed by atoms with van der Waals surface area (Å²) in [4.78, 5) is 9.23. The number of nitrogens with zero attached hydrogens (tertiary/aromatic N) is 4. The molecule has 0 atom stereocenters. The van der Waals surface area contributed by atoms with Gasteiger partial charge >= 0.3 is 0 Å². The average Bonchev–Trinajstić information content (AvgIpc) is 1.63. The highest BCUT2D eigenvalue weighted by atomic mass is 35.5. The number of thiophene rings is 4. The van der Waals surface area contributed by atoms with Crippen LogP contribution in [0.2, 0.25) is 20.1 Å². The fraction of sp³-hybridized carbons (Fsp3) is 0. The number of hydrogen-bond acceptors (Lipinski definition) is 9. The predicted octanol–water partition coefficient (Wildman–Crippen LogP) is 38.6. The van der Waals surface area contributed by atoms with Crippen molar-refractivity contribution in [1.82, 2.24) is 0 Å². The van der Waals surface area contributed by atoms with Gasteiger partial charge in [-0.2, -0.15) is 0 Å². The van der Waals surface area contributed by atoms with Gasteiger partial charge in [0.05, 0.1) is 5.02 Å². The van der Waals surface area contributed by atoms with Gasteiger partial charge in [0.25, 0.3) is 0 Å². The molecular formula is C116H74Cl4N4OS4. The van der Waals surface area contributed by atoms with Crippen molar-refractivity contribution in [2.45, 2.75) is 0 Å². The van der Waals surface area contributed by atoms with Crippen LogP contribution in [0.1, 0.15) is 0 Å². The zero-order valence-corrected chi connectivity index (χ0v) is 75.4. The molecule has 5 aromatic heterocycles. The van der Waals surface area contributed by atoms with Crippen LogP contribution in [-0.4, -0.2) is 0 Å². The summed E-state index contributed by atoms with van der Waals surface area (Å²) < 4.78 is 16.3. The van der Waals surface area contributed by atoms with E-state index in [-0.39, 0.29) is 0 Å². The Hall–Kier alpha value is -14.0. The summed E-state index contributed by atoms with van der Waals surface area (Å²) >= 11 is 33.3. The van der Waals surface area contributed by atoms with Crippen LogP contribution in [0.5, 0.6) is 0 Å². The molecular weight excluding hydrogens is 1740 g/mol. The first-order chi connectivity index (χ1) is 63.6. The van der Waals surface area contributed by atoms with Gasteiger partial charge in [0.2, 0.25) is 0 Å². The Kier molecular flexibility index (Phi) is 22.1. The molecule has 0 spiro atoms. The molecule has 0 saturated carbocycles. The summed E-state index contributed by atoms with van der Waals surface area (Å²) in [5, 5.41) is 19.6. The Balaban J connectivity index is 0.000000102. The molecule has 0 fully saturated rings. The summed E-state index contributed by atoms with van der Waals surface area (Å²) in [6.45, 7) is 0. The number of para-hydroxylation sites is 5. The van der Waals surface area contributed by atoms with Gasteiger partial charge in [0.1, 0.15) is 11.2 Å². The van der Waals surface area contributed by atoms with Crippen molar-refractivity contribution < 1.29 is 4.42 Å². The molecule has 13 heteroatoms. The molecule has 0 aliphatic heterocycles. The van der Waals surface area contributed by atoms with E-state index in [1.54, 1.807) is 34.0 Å². The first kappa shape index (κ1) is 80.8. The fourth-order valence-electron chi connectivity index (χ4n) is 17.7. The highest BCUT2D eigenvalue weighted by Gasteiger charge is 2.23. The highest BCUT2D eigenvalue weighted by Crippen LogP contribution is 2.50. The van der Waals surface area contributed by atoms with Crippen LogP contribution in [0.15, 0.2) is 453 Å². The third-order valence-electron chi connectivity index (χ3n) is 23.6. The van der Waals surface area contributed by atoms with Crippen molar-refractivity contribution in [3.05, 3.63) is 469 Å². The van der Waals surface area contributed by atoms with Gasteiger partial charge in [-0.3, -0.25) is 0 Å². The lowest BCUT2D eigenvalue weighted by Crippen LogP contribution is -2.09. The first-order valence-electron chi connectivity index (χ1n) is 42.5. The van der Waals surface area contributed by atoms with Gasteiger partial charge in [-0.15, -0.1) is 45.3 Å². The molecule has 5 heterocycles. The van der Waals surface area contributed by atoms with E-state index in [1.807, 2.05) is 78.1 Å². The van der Waals surface area contributed by atoms with Crippen LogP contribution in [0, 0.1) is 0 Å². The van der Waals surface area contributed by atoms with Crippen LogP contribution in [-0.2, 0) is 0 Å². The second kappa shape index (κ2) is 35.3. The van der Waals surface area contributed by atoms with Crippen LogP contribution in [0.4, 0.5) is 68.2 Å². The maximum absolute atomic E-state index is 6.62. The van der Waals surface area contributed by atoms with E-state index in [9.17, 15) is 0 Å². The minimum atomic E-state index is 0.703. The van der Waals surface area contributed by atoms with Gasteiger partial charge in [-0.25, -0.2) is 0 Å². The van der Waals surface area contributed by atoms with Gasteiger partial charge in [0.15, 0.2) is 0 Å². The van der Waals surface area contributed by atoms with Gasteiger partial charge < -0.3 is 24.0 Å². The summed E-state index contributed by atoms with van der Waals surface area (Å²) in [5.41, 5.74) is 17.6. The van der Waals surface area contributed by atoms with Crippen LogP contribution < -0.4 is 19.6 Å². The molecule has 129 heavy (non-hydrogen) atoms. The first-order valence-corrected chi connectivity index (χ1v) is 47.3. The van der Waals surface area contributed by atoms with Crippen LogP contribution in [0.3, 0.4) is 0 Å². The van der Waals surface area contributed by atoms with Crippen LogP contribution >= 0.6 is 91.8 Å². The highest BCUT2D eigenvalue weighted by molar-refractivity contribution is 7.27. The standard InChI is InChI=1S/C34H20ClNOS.C30H20ClNS.C28H18ClNS.C24H16ClNS/c35-29-20-31-34(26-12-5-4-10-24(26)29)28-19-22(14-16-30(28)37-31)36(21-8-2-1-3-9-21)23-15-17-33-27(18-23)25-11-6-7-13-32(25)38-33;31-27-12-7-13-28-30(27)26-19-18-25(20-29(26)33-28)32(23-10-5-2-6-11-23)24-16-14-22(15-17-24)21-8-3-1-4-9-21;29-25-11-6-12-26-28(25)24-16-15-23(18-27(24)31-26)30(21-9-2-1-3-10-21)22-14-13-19-7-4-5-8-20(19)17-22;25-21-12-7-13-22-24(21)20-15-14-19(16-23(20)27-22)26(17-8-3-1-4-9-17)18-10-5-2-6-11-18/h1-20H;1-20H;1-18H;1-16H. The Bertz CT molecular complexity index is 8420. The smallest absolute Gasteiger partial charge is 0.137 e. The molecule has 0 aliphatic carbocycles. The molecule has 0 N–H and O–H groups in total. The minimum Gasteiger partial charge on any atom is -0.456 e. The lowest BCUT2D eigenvalue weighted by atomic mass is 10.0. The predicted molar refractivity (Wildman–Crippen MR) is 564 cm³/mol. The molecule has 0 radical (unpaired) electrons. The van der Waals surface area contributed by atoms with Crippen molar-refractivity contribution in [3.63, 3.8) is 0 Å². The zero-order chi connectivity index (χ0) is 86.4. The minimum absolute atomic E-state index is 0.703. The number of benzene rings is 20. The summed E-state index contributed by atoms with van der Waals surface area (Å²) in [6.07, 6.45) is 0. The van der Waals surface area contributed by atoms with Crippen molar-refractivity contribution in [2.24, 2.45) is 0 Å². The Morgan fingerprint density at radius 3 is 0.969 bits per heavy atom. The SMILES string of the molecule is Clc1cc2oc3ccc(N(c4ccccc4)c4ccc5sc6ccccc6c5c4)cc3c2c2ccccc12.Clc1cccc2sc3cc(N(c4ccccc4)c4ccc(-c5ccccc5)cc4)ccc3c12.Clc1cccc2sc3cc(N(c4ccccc4)c4ccc5ccccc5c4)ccc3c12.Clc1cccc2sc3cc(N(c4ccccc4)c4ccccc4)ccc3c12. The molecule has 0 saturated heterocycles. The number of hydrogen-bond donors (Lipinski definition) is 0. The van der Waals surface area contributed by atoms with E-state index in [2.05, 4.69) is 402 Å². The largest absolute Gasteiger partial charge is 0.456 e. The van der Waals surface area contributed by atoms with Crippen LogP contribution in [0.25, 0.3) is 135 Å². The Labute approximate surface area is 781 Å². The van der Waals surface area contributed by atoms with Gasteiger partial charge in [-0.1, -0.05) is 289 Å². The molecule has 0 unspecified atom stereocenters. The number of rotatable bonds is 13. The lowest BCUT2D eigenvalue weighted by Gasteiger charge is -2.26. The normalized spacial score (nSPS) is 11.4. The third-order valence-corrected chi connectivity index (χ3v) is 29.4.